The molecule has 6 aromatic carbocycles. The number of nitrogens with zero attached hydrogens (tertiary/aromatic N) is 2. The maximum Gasteiger partial charge on any atom is 0.252 e. The average Bonchev–Trinajstić information content (AvgIpc) is 3.59. The highest BCUT2D eigenvalue weighted by Gasteiger charge is 2.48. The van der Waals surface area contributed by atoms with Crippen LogP contribution in [-0.2, 0) is 32.5 Å². The van der Waals surface area contributed by atoms with E-state index in [0.29, 0.717) is 0 Å². The second-order valence-corrected chi connectivity index (χ2v) is 25.3. The zero-order valence-electron chi connectivity index (χ0n) is 41.9. The molecule has 332 valence electrons. The molecule has 65 heavy (non-hydrogen) atoms. The quantitative estimate of drug-likeness (QED) is 0.162. The number of aryl methyl sites for hydroxylation is 1. The zero-order valence-corrected chi connectivity index (χ0v) is 41.9. The Kier molecular flexibility index (Phi) is 8.78. The Labute approximate surface area is 389 Å². The molecule has 3 heterocycles. The zero-order chi connectivity index (χ0) is 46.1. The van der Waals surface area contributed by atoms with Gasteiger partial charge in [-0.3, -0.25) is 0 Å². The molecule has 1 aromatic heterocycles. The summed E-state index contributed by atoms with van der Waals surface area (Å²) >= 11 is 0. The van der Waals surface area contributed by atoms with E-state index in [9.17, 15) is 0 Å². The number of rotatable bonds is 2. The Hall–Kier alpha value is -5.22. The fourth-order valence-electron chi connectivity index (χ4n) is 12.3. The molecule has 0 amide bonds. The second-order valence-electron chi connectivity index (χ2n) is 25.3. The molecule has 11 rings (SSSR count). The number of hydrogen-bond acceptors (Lipinski definition) is 3. The third kappa shape index (κ3) is 6.28. The molecule has 0 unspecified atom stereocenters. The molecular formula is C61H69BN2O. The van der Waals surface area contributed by atoms with Crippen molar-refractivity contribution >= 4 is 79.2 Å². The van der Waals surface area contributed by atoms with Crippen LogP contribution in [-0.4, -0.2) is 6.71 Å². The molecule has 7 aromatic rings. The van der Waals surface area contributed by atoms with Crippen molar-refractivity contribution < 1.29 is 4.42 Å². The van der Waals surface area contributed by atoms with Crippen LogP contribution in [0.3, 0.4) is 0 Å². The minimum absolute atomic E-state index is 0.0149. The standard InChI is InChI=1S/C61H69BN2O/c1-36-18-16-17-19-48(36)64-49-32-41-40-28-37(56(2,3)4)20-23-53(40)65-54(41)35-47(49)62-46-33-44-45(61(14,15)27-26-60(44,12)13)34-50(46)63(51-29-38(57(5,6)7)30-52(64)55(51)62)39-21-22-42-43(31-39)59(10,11)25-24-58(42,8)9/h16-23,28-35H,24-27H2,1-15H3. The first kappa shape index (κ1) is 42.4. The smallest absolute Gasteiger partial charge is 0.252 e. The lowest BCUT2D eigenvalue weighted by Gasteiger charge is -2.48. The molecule has 3 nitrogen and oxygen atoms in total. The van der Waals surface area contributed by atoms with Gasteiger partial charge in [0.25, 0.3) is 6.71 Å². The van der Waals surface area contributed by atoms with E-state index in [2.05, 4.69) is 211 Å². The van der Waals surface area contributed by atoms with Crippen molar-refractivity contribution in [3.05, 3.63) is 136 Å². The van der Waals surface area contributed by atoms with Crippen LogP contribution >= 0.6 is 0 Å². The lowest BCUT2D eigenvalue weighted by atomic mass is 9.33. The molecule has 0 saturated carbocycles. The SMILES string of the molecule is Cc1ccccc1N1c2cc3c(cc2B2c4cc5c(cc4N(c4ccc6c(c4)C(C)(C)CCC6(C)C)c4cc(C(C)(C)C)cc1c42)C(C)(C)CCC5(C)C)oc1ccc(C(C)(C)C)cc13. The van der Waals surface area contributed by atoms with E-state index in [1.807, 2.05) is 0 Å². The lowest BCUT2D eigenvalue weighted by Crippen LogP contribution is -2.62. The third-order valence-corrected chi connectivity index (χ3v) is 16.8. The summed E-state index contributed by atoms with van der Waals surface area (Å²) in [6.45, 7) is 36.1. The highest BCUT2D eigenvalue weighted by atomic mass is 16.3. The number of fused-ring (bicyclic) bond motifs is 9. The van der Waals surface area contributed by atoms with Crippen molar-refractivity contribution in [3.63, 3.8) is 0 Å². The monoisotopic (exact) mass is 857 g/mol. The summed E-state index contributed by atoms with van der Waals surface area (Å²) in [5.74, 6) is 0. The van der Waals surface area contributed by atoms with Crippen LogP contribution in [0.4, 0.5) is 34.1 Å². The van der Waals surface area contributed by atoms with Crippen LogP contribution in [0, 0.1) is 6.92 Å². The fraction of sp³-hybridized carbons (Fsp3) is 0.410. The molecule has 0 atom stereocenters. The topological polar surface area (TPSA) is 19.6 Å². The van der Waals surface area contributed by atoms with E-state index < -0.39 is 0 Å². The molecule has 4 heteroatoms. The van der Waals surface area contributed by atoms with Gasteiger partial charge in [-0.1, -0.05) is 133 Å². The maximum absolute atomic E-state index is 6.93. The van der Waals surface area contributed by atoms with Crippen LogP contribution in [0.1, 0.15) is 162 Å². The van der Waals surface area contributed by atoms with Crippen molar-refractivity contribution in [1.29, 1.82) is 0 Å². The molecule has 2 aliphatic heterocycles. The Morgan fingerprint density at radius 2 is 1.00 bits per heavy atom. The van der Waals surface area contributed by atoms with Crippen LogP contribution in [0.15, 0.2) is 101 Å². The van der Waals surface area contributed by atoms with E-state index in [-0.39, 0.29) is 39.2 Å². The summed E-state index contributed by atoms with van der Waals surface area (Å²) in [6.07, 6.45) is 4.71. The van der Waals surface area contributed by atoms with Gasteiger partial charge in [-0.2, -0.15) is 0 Å². The molecule has 0 spiro atoms. The van der Waals surface area contributed by atoms with Gasteiger partial charge in [0.15, 0.2) is 0 Å². The Morgan fingerprint density at radius 3 is 1.63 bits per heavy atom. The Bertz CT molecular complexity index is 3160. The number of para-hydroxylation sites is 1. The van der Waals surface area contributed by atoms with E-state index in [1.54, 1.807) is 0 Å². The van der Waals surface area contributed by atoms with Gasteiger partial charge in [-0.05, 0) is 181 Å². The molecule has 0 bridgehead atoms. The minimum Gasteiger partial charge on any atom is -0.456 e. The van der Waals surface area contributed by atoms with Crippen molar-refractivity contribution in [2.45, 2.75) is 162 Å². The number of benzene rings is 6. The Balaban J connectivity index is 1.30. The van der Waals surface area contributed by atoms with E-state index in [4.69, 9.17) is 4.42 Å². The van der Waals surface area contributed by atoms with E-state index in [1.165, 1.54) is 126 Å². The number of hydrogen-bond donors (Lipinski definition) is 0. The summed E-state index contributed by atoms with van der Waals surface area (Å²) in [6, 6.07) is 38.7. The highest BCUT2D eigenvalue weighted by molar-refractivity contribution is 7.00. The molecule has 0 saturated heterocycles. The van der Waals surface area contributed by atoms with Crippen LogP contribution in [0.5, 0.6) is 0 Å². The van der Waals surface area contributed by atoms with Crippen molar-refractivity contribution in [2.24, 2.45) is 0 Å². The predicted molar refractivity (Wildman–Crippen MR) is 280 cm³/mol. The fourth-order valence-corrected chi connectivity index (χ4v) is 12.3. The second kappa shape index (κ2) is 13.5. The van der Waals surface area contributed by atoms with Crippen molar-refractivity contribution in [3.8, 4) is 0 Å². The van der Waals surface area contributed by atoms with Gasteiger partial charge >= 0.3 is 0 Å². The van der Waals surface area contributed by atoms with Gasteiger partial charge in [0.1, 0.15) is 11.2 Å². The van der Waals surface area contributed by atoms with Crippen LogP contribution in [0.25, 0.3) is 21.9 Å². The normalized spacial score (nSPS) is 18.8. The summed E-state index contributed by atoms with van der Waals surface area (Å²) in [5.41, 5.74) is 23.6. The summed E-state index contributed by atoms with van der Waals surface area (Å²) < 4.78 is 6.93. The van der Waals surface area contributed by atoms with E-state index >= 15 is 0 Å². The van der Waals surface area contributed by atoms with Crippen molar-refractivity contribution in [1.82, 2.24) is 0 Å². The summed E-state index contributed by atoms with van der Waals surface area (Å²) in [4.78, 5) is 5.32. The summed E-state index contributed by atoms with van der Waals surface area (Å²) in [7, 11) is 0. The van der Waals surface area contributed by atoms with Crippen LogP contribution in [0.2, 0.25) is 0 Å². The molecule has 0 radical (unpaired) electrons. The summed E-state index contributed by atoms with van der Waals surface area (Å²) in [5, 5.41) is 2.35. The Morgan fingerprint density at radius 1 is 0.462 bits per heavy atom. The molecular weight excluding hydrogens is 787 g/mol. The van der Waals surface area contributed by atoms with Crippen LogP contribution < -0.4 is 26.2 Å². The lowest BCUT2D eigenvalue weighted by molar-refractivity contribution is 0.332. The van der Waals surface area contributed by atoms with Gasteiger partial charge in [0.05, 0.1) is 0 Å². The molecule has 4 aliphatic rings. The van der Waals surface area contributed by atoms with E-state index in [0.717, 1.165) is 11.2 Å². The minimum atomic E-state index is -0.109. The van der Waals surface area contributed by atoms with Gasteiger partial charge < -0.3 is 14.2 Å². The predicted octanol–water partition coefficient (Wildman–Crippen LogP) is 15.3. The highest BCUT2D eigenvalue weighted by Crippen LogP contribution is 2.53. The van der Waals surface area contributed by atoms with Crippen molar-refractivity contribution in [2.75, 3.05) is 9.80 Å². The largest absolute Gasteiger partial charge is 0.456 e. The average molecular weight is 857 g/mol. The maximum atomic E-state index is 6.93. The van der Waals surface area contributed by atoms with Gasteiger partial charge in [-0.25, -0.2) is 0 Å². The first-order valence-corrected chi connectivity index (χ1v) is 24.5. The third-order valence-electron chi connectivity index (χ3n) is 16.8. The van der Waals surface area contributed by atoms with Gasteiger partial charge in [0.2, 0.25) is 0 Å². The van der Waals surface area contributed by atoms with Gasteiger partial charge in [-0.15, -0.1) is 0 Å². The number of furan rings is 1. The molecule has 0 N–H and O–H groups in total. The first-order chi connectivity index (χ1) is 30.4. The first-order valence-electron chi connectivity index (χ1n) is 24.5. The number of anilines is 6. The molecule has 0 fully saturated rings. The molecule has 2 aliphatic carbocycles. The van der Waals surface area contributed by atoms with Gasteiger partial charge in [0, 0.05) is 44.9 Å².